The van der Waals surface area contributed by atoms with E-state index in [1.165, 1.54) is 9.13 Å². The fraction of sp³-hybridized carbons (Fsp3) is 0.250. The zero-order valence-electron chi connectivity index (χ0n) is 9.37. The predicted molar refractivity (Wildman–Crippen MR) is 74.4 cm³/mol. The van der Waals surface area contributed by atoms with Gasteiger partial charge in [0.2, 0.25) is 0 Å². The van der Waals surface area contributed by atoms with E-state index in [1.807, 2.05) is 18.7 Å². The van der Waals surface area contributed by atoms with E-state index in [2.05, 4.69) is 63.5 Å². The van der Waals surface area contributed by atoms with Gasteiger partial charge in [-0.05, 0) is 47.7 Å². The average molecular weight is 327 g/mol. The van der Waals surface area contributed by atoms with Crippen molar-refractivity contribution in [3.63, 3.8) is 0 Å². The Morgan fingerprint density at radius 3 is 2.88 bits per heavy atom. The second-order valence-corrected chi connectivity index (χ2v) is 5.02. The van der Waals surface area contributed by atoms with Gasteiger partial charge in [0, 0.05) is 34.6 Å². The number of hydrogen-bond donors (Lipinski definition) is 1. The number of anilines is 1. The van der Waals surface area contributed by atoms with Crippen molar-refractivity contribution in [2.75, 3.05) is 5.32 Å². The molecule has 0 spiro atoms. The molecule has 1 N–H and O–H groups in total. The highest BCUT2D eigenvalue weighted by Gasteiger charge is 2.02. The van der Waals surface area contributed by atoms with Gasteiger partial charge < -0.3 is 5.32 Å². The monoisotopic (exact) mass is 327 g/mol. The van der Waals surface area contributed by atoms with Crippen molar-refractivity contribution in [2.45, 2.75) is 13.5 Å². The minimum absolute atomic E-state index is 0.819. The summed E-state index contributed by atoms with van der Waals surface area (Å²) in [5.74, 6) is 0. The van der Waals surface area contributed by atoms with Crippen molar-refractivity contribution in [3.05, 3.63) is 45.3 Å². The predicted octanol–water partition coefficient (Wildman–Crippen LogP) is 2.95. The minimum atomic E-state index is 0.819. The van der Waals surface area contributed by atoms with Crippen LogP contribution in [-0.2, 0) is 13.6 Å². The van der Waals surface area contributed by atoms with Gasteiger partial charge in [0.1, 0.15) is 0 Å². The lowest BCUT2D eigenvalue weighted by atomic mass is 10.2. The highest BCUT2D eigenvalue weighted by atomic mass is 127. The summed E-state index contributed by atoms with van der Waals surface area (Å²) < 4.78 is 3.09. The summed E-state index contributed by atoms with van der Waals surface area (Å²) in [6.07, 6.45) is 2.05. The quantitative estimate of drug-likeness (QED) is 0.879. The fourth-order valence-electron chi connectivity index (χ4n) is 1.62. The van der Waals surface area contributed by atoms with Crippen molar-refractivity contribution < 1.29 is 0 Å². The zero-order chi connectivity index (χ0) is 11.5. The molecule has 2 rings (SSSR count). The highest BCUT2D eigenvalue weighted by molar-refractivity contribution is 14.1. The molecule has 0 fully saturated rings. The number of nitrogens with zero attached hydrogens (tertiary/aromatic N) is 2. The third-order valence-electron chi connectivity index (χ3n) is 2.42. The summed E-state index contributed by atoms with van der Waals surface area (Å²) in [5.41, 5.74) is 3.47. The fourth-order valence-corrected chi connectivity index (χ4v) is 2.16. The first-order valence-corrected chi connectivity index (χ1v) is 6.21. The van der Waals surface area contributed by atoms with E-state index in [9.17, 15) is 0 Å². The minimum Gasteiger partial charge on any atom is -0.381 e. The van der Waals surface area contributed by atoms with Gasteiger partial charge in [-0.2, -0.15) is 5.10 Å². The Labute approximate surface area is 109 Å². The van der Waals surface area contributed by atoms with Crippen LogP contribution in [0.4, 0.5) is 5.69 Å². The van der Waals surface area contributed by atoms with E-state index in [-0.39, 0.29) is 0 Å². The first-order chi connectivity index (χ1) is 7.65. The molecule has 0 aliphatic carbocycles. The van der Waals surface area contributed by atoms with Crippen LogP contribution in [0.5, 0.6) is 0 Å². The van der Waals surface area contributed by atoms with Gasteiger partial charge in [0.25, 0.3) is 0 Å². The third kappa shape index (κ3) is 2.75. The largest absolute Gasteiger partial charge is 0.381 e. The van der Waals surface area contributed by atoms with E-state index in [0.717, 1.165) is 17.9 Å². The molecule has 0 radical (unpaired) electrons. The summed E-state index contributed by atoms with van der Waals surface area (Å²) in [4.78, 5) is 0. The van der Waals surface area contributed by atoms with Crippen LogP contribution in [0, 0.1) is 10.5 Å². The molecule has 4 heteroatoms. The van der Waals surface area contributed by atoms with Crippen molar-refractivity contribution in [3.8, 4) is 0 Å². The second-order valence-electron chi connectivity index (χ2n) is 3.78. The first kappa shape index (κ1) is 11.4. The molecule has 3 nitrogen and oxygen atoms in total. The number of aromatic nitrogens is 2. The molecule has 0 amide bonds. The third-order valence-corrected chi connectivity index (χ3v) is 3.09. The van der Waals surface area contributed by atoms with Gasteiger partial charge in [-0.15, -0.1) is 0 Å². The topological polar surface area (TPSA) is 29.9 Å². The number of rotatable bonds is 3. The molecule has 16 heavy (non-hydrogen) atoms. The molecule has 84 valence electrons. The molecule has 0 saturated heterocycles. The van der Waals surface area contributed by atoms with Gasteiger partial charge in [-0.3, -0.25) is 4.68 Å². The van der Waals surface area contributed by atoms with Crippen molar-refractivity contribution in [1.29, 1.82) is 0 Å². The van der Waals surface area contributed by atoms with Gasteiger partial charge >= 0.3 is 0 Å². The normalized spacial score (nSPS) is 10.4. The van der Waals surface area contributed by atoms with Crippen LogP contribution in [-0.4, -0.2) is 9.78 Å². The van der Waals surface area contributed by atoms with E-state index < -0.39 is 0 Å². The molecule has 0 aliphatic rings. The lowest BCUT2D eigenvalue weighted by molar-refractivity contribution is 0.756. The van der Waals surface area contributed by atoms with Gasteiger partial charge in [0.15, 0.2) is 0 Å². The molecule has 0 aliphatic heterocycles. The molecule has 0 saturated carbocycles. The Balaban J connectivity index is 2.05. The molecule has 0 bridgehead atoms. The standard InChI is InChI=1S/C12H14IN3/c1-9-10(8-16(2)15-9)7-14-12-5-3-4-11(13)6-12/h3-6,8,14H,7H2,1-2H3. The Kier molecular flexibility index (Phi) is 3.48. The van der Waals surface area contributed by atoms with Crippen molar-refractivity contribution >= 4 is 28.3 Å². The Morgan fingerprint density at radius 1 is 1.44 bits per heavy atom. The summed E-state index contributed by atoms with van der Waals surface area (Å²) in [5, 5.41) is 7.71. The molecule has 0 atom stereocenters. The summed E-state index contributed by atoms with van der Waals surface area (Å²) >= 11 is 2.31. The number of aryl methyl sites for hydroxylation is 2. The molecule has 0 unspecified atom stereocenters. The van der Waals surface area contributed by atoms with Crippen molar-refractivity contribution in [1.82, 2.24) is 9.78 Å². The molecule has 1 aromatic heterocycles. The molecule has 1 heterocycles. The average Bonchev–Trinajstić information content (AvgIpc) is 2.54. The second kappa shape index (κ2) is 4.86. The van der Waals surface area contributed by atoms with Crippen LogP contribution in [0.15, 0.2) is 30.5 Å². The maximum absolute atomic E-state index is 4.32. The lowest BCUT2D eigenvalue weighted by Crippen LogP contribution is -1.99. The summed E-state index contributed by atoms with van der Waals surface area (Å²) in [7, 11) is 1.95. The Bertz CT molecular complexity index is 491. The van der Waals surface area contributed by atoms with Gasteiger partial charge in [0.05, 0.1) is 5.69 Å². The lowest BCUT2D eigenvalue weighted by Gasteiger charge is -2.05. The van der Waals surface area contributed by atoms with Crippen LogP contribution in [0.1, 0.15) is 11.3 Å². The molecule has 1 aromatic carbocycles. The summed E-state index contributed by atoms with van der Waals surface area (Å²) in [6.45, 7) is 2.85. The number of halogens is 1. The number of hydrogen-bond acceptors (Lipinski definition) is 2. The number of benzene rings is 1. The van der Waals surface area contributed by atoms with E-state index in [4.69, 9.17) is 0 Å². The van der Waals surface area contributed by atoms with Crippen molar-refractivity contribution in [2.24, 2.45) is 7.05 Å². The number of nitrogens with one attached hydrogen (secondary N) is 1. The van der Waals surface area contributed by atoms with Crippen LogP contribution < -0.4 is 5.32 Å². The first-order valence-electron chi connectivity index (χ1n) is 5.14. The van der Waals surface area contributed by atoms with E-state index in [0.29, 0.717) is 0 Å². The molecular formula is C12H14IN3. The maximum atomic E-state index is 4.32. The van der Waals surface area contributed by atoms with Crippen LogP contribution >= 0.6 is 22.6 Å². The summed E-state index contributed by atoms with van der Waals surface area (Å²) in [6, 6.07) is 8.35. The molecular weight excluding hydrogens is 313 g/mol. The van der Waals surface area contributed by atoms with Gasteiger partial charge in [-0.1, -0.05) is 6.07 Å². The van der Waals surface area contributed by atoms with Crippen LogP contribution in [0.25, 0.3) is 0 Å². The Morgan fingerprint density at radius 2 is 2.25 bits per heavy atom. The van der Waals surface area contributed by atoms with E-state index >= 15 is 0 Å². The smallest absolute Gasteiger partial charge is 0.0643 e. The molecule has 2 aromatic rings. The Hall–Kier alpha value is -1.04. The van der Waals surface area contributed by atoms with Crippen LogP contribution in [0.2, 0.25) is 0 Å². The zero-order valence-corrected chi connectivity index (χ0v) is 11.5. The highest BCUT2D eigenvalue weighted by Crippen LogP contribution is 2.14. The SMILES string of the molecule is Cc1nn(C)cc1CNc1cccc(I)c1. The maximum Gasteiger partial charge on any atom is 0.0643 e. The van der Waals surface area contributed by atoms with E-state index in [1.54, 1.807) is 0 Å². The van der Waals surface area contributed by atoms with Crippen LogP contribution in [0.3, 0.4) is 0 Å². The van der Waals surface area contributed by atoms with Gasteiger partial charge in [-0.25, -0.2) is 0 Å².